The maximum atomic E-state index is 14.1. The quantitative estimate of drug-likeness (QED) is 0.317. The first-order valence-corrected chi connectivity index (χ1v) is 13.4. The molecule has 3 saturated heterocycles. The van der Waals surface area contributed by atoms with Crippen molar-refractivity contribution in [1.82, 2.24) is 14.7 Å². The van der Waals surface area contributed by atoms with E-state index in [0.717, 1.165) is 25.7 Å². The normalized spacial score (nSPS) is 31.5. The lowest BCUT2D eigenvalue weighted by Crippen LogP contribution is -2.55. The minimum Gasteiger partial charge on any atom is -0.396 e. The number of aliphatic hydroxyl groups excluding tert-OH is 1. The molecule has 2 unspecified atom stereocenters. The second-order valence-electron chi connectivity index (χ2n) is 10.1. The summed E-state index contributed by atoms with van der Waals surface area (Å²) in [5.74, 6) is -1.10. The molecule has 0 saturated carbocycles. The molecular weight excluding hydrogens is 450 g/mol. The number of hydrogen-bond acceptors (Lipinski definition) is 5. The van der Waals surface area contributed by atoms with E-state index >= 15 is 0 Å². The molecule has 3 aliphatic rings. The molecule has 7 nitrogen and oxygen atoms in total. The molecule has 0 aromatic rings. The van der Waals surface area contributed by atoms with Crippen LogP contribution in [0, 0.1) is 11.8 Å². The Bertz CT molecular complexity index is 820. The largest absolute Gasteiger partial charge is 0.396 e. The van der Waals surface area contributed by atoms with Crippen LogP contribution in [0.3, 0.4) is 0 Å². The van der Waals surface area contributed by atoms with Crippen molar-refractivity contribution in [3.8, 4) is 0 Å². The smallest absolute Gasteiger partial charge is 0.247 e. The van der Waals surface area contributed by atoms with Gasteiger partial charge >= 0.3 is 0 Å². The SMILES string of the molecule is C=CCN(C)C(=O)[C@H]1[C@H]2C(=O)N(CCCCO)C(C(=O)N(CC=C)CCCC)C23CC[C@]1(C)S3. The van der Waals surface area contributed by atoms with E-state index in [1.54, 1.807) is 40.8 Å². The Morgan fingerprint density at radius 1 is 1.18 bits per heavy atom. The fraction of sp³-hybridized carbons (Fsp3) is 0.731. The standard InChI is InChI=1S/C26H41N3O4S/c1-6-9-16-28(15-8-3)24(33)21-26-13-12-25(4,34-26)19(22(31)27(5)14-7-2)20(26)23(32)29(21)17-10-11-18-30/h7-8,19-21,30H,2-3,6,9-18H2,1,4-5H3/t19-,20+,21?,25+,26?/m1/s1. The van der Waals surface area contributed by atoms with Crippen LogP contribution in [0.4, 0.5) is 0 Å². The minimum absolute atomic E-state index is 0.0301. The first-order valence-electron chi connectivity index (χ1n) is 12.6. The molecule has 8 heteroatoms. The number of likely N-dealkylation sites (N-methyl/N-ethyl adjacent to an activating group) is 1. The van der Waals surface area contributed by atoms with Crippen LogP contribution >= 0.6 is 11.8 Å². The van der Waals surface area contributed by atoms with Crippen molar-refractivity contribution < 1.29 is 19.5 Å². The molecule has 3 amide bonds. The van der Waals surface area contributed by atoms with Gasteiger partial charge in [0, 0.05) is 44.6 Å². The third-order valence-corrected chi connectivity index (χ3v) is 9.79. The molecule has 3 aliphatic heterocycles. The molecule has 0 aromatic heterocycles. The van der Waals surface area contributed by atoms with Crippen LogP contribution < -0.4 is 0 Å². The fourth-order valence-electron chi connectivity index (χ4n) is 6.21. The number of carbonyl (C=O) groups is 3. The van der Waals surface area contributed by atoms with Crippen LogP contribution in [-0.4, -0.2) is 92.9 Å². The number of thioether (sulfide) groups is 1. The molecule has 34 heavy (non-hydrogen) atoms. The zero-order valence-corrected chi connectivity index (χ0v) is 21.8. The summed E-state index contributed by atoms with van der Waals surface area (Å²) >= 11 is 1.71. The summed E-state index contributed by atoms with van der Waals surface area (Å²) in [6.07, 6.45) is 8.06. The second-order valence-corrected chi connectivity index (χ2v) is 12.0. The number of carbonyl (C=O) groups excluding carboxylic acids is 3. The van der Waals surface area contributed by atoms with Gasteiger partial charge in [-0.25, -0.2) is 0 Å². The second kappa shape index (κ2) is 10.9. The Labute approximate surface area is 208 Å². The van der Waals surface area contributed by atoms with E-state index in [1.165, 1.54) is 0 Å². The fourth-order valence-corrected chi connectivity index (χ4v) is 8.55. The number of nitrogens with zero attached hydrogens (tertiary/aromatic N) is 3. The highest BCUT2D eigenvalue weighted by molar-refractivity contribution is 8.02. The van der Waals surface area contributed by atoms with Crippen LogP contribution in [-0.2, 0) is 14.4 Å². The van der Waals surface area contributed by atoms with Gasteiger partial charge in [-0.3, -0.25) is 14.4 Å². The maximum absolute atomic E-state index is 14.1. The van der Waals surface area contributed by atoms with Crippen molar-refractivity contribution in [3.63, 3.8) is 0 Å². The average molecular weight is 492 g/mol. The van der Waals surface area contributed by atoms with Gasteiger partial charge in [-0.1, -0.05) is 25.5 Å². The van der Waals surface area contributed by atoms with E-state index in [9.17, 15) is 19.5 Å². The molecule has 0 aromatic carbocycles. The number of rotatable bonds is 13. The minimum atomic E-state index is -0.594. The Morgan fingerprint density at radius 2 is 1.88 bits per heavy atom. The summed E-state index contributed by atoms with van der Waals surface area (Å²) in [5.41, 5.74) is 0. The number of likely N-dealkylation sites (tertiary alicyclic amines) is 1. The highest BCUT2D eigenvalue weighted by Crippen LogP contribution is 2.71. The predicted molar refractivity (Wildman–Crippen MR) is 136 cm³/mol. The summed E-state index contributed by atoms with van der Waals surface area (Å²) in [5, 5.41) is 9.31. The van der Waals surface area contributed by atoms with Crippen LogP contribution in [0.25, 0.3) is 0 Å². The zero-order chi connectivity index (χ0) is 25.1. The molecule has 2 bridgehead atoms. The Morgan fingerprint density at radius 3 is 2.50 bits per heavy atom. The van der Waals surface area contributed by atoms with E-state index in [4.69, 9.17) is 0 Å². The number of fused-ring (bicyclic) bond motifs is 1. The molecule has 0 aliphatic carbocycles. The van der Waals surface area contributed by atoms with Crippen molar-refractivity contribution in [3.05, 3.63) is 25.3 Å². The molecule has 1 N–H and O–H groups in total. The number of aliphatic hydroxyl groups is 1. The Hall–Kier alpha value is -1.80. The highest BCUT2D eigenvalue weighted by Gasteiger charge is 2.77. The van der Waals surface area contributed by atoms with Gasteiger partial charge in [0.05, 0.1) is 16.6 Å². The first-order chi connectivity index (χ1) is 16.2. The third-order valence-electron chi connectivity index (χ3n) is 7.81. The first kappa shape index (κ1) is 26.8. The summed E-state index contributed by atoms with van der Waals surface area (Å²) in [6, 6.07) is -0.588. The van der Waals surface area contributed by atoms with E-state index in [-0.39, 0.29) is 29.1 Å². The van der Waals surface area contributed by atoms with Crippen molar-refractivity contribution in [2.24, 2.45) is 11.8 Å². The van der Waals surface area contributed by atoms with Crippen LogP contribution in [0.5, 0.6) is 0 Å². The highest BCUT2D eigenvalue weighted by atomic mass is 32.2. The predicted octanol–water partition coefficient (Wildman–Crippen LogP) is 2.70. The van der Waals surface area contributed by atoms with Crippen LogP contribution in [0.1, 0.15) is 52.4 Å². The number of amides is 3. The molecule has 3 fully saturated rings. The van der Waals surface area contributed by atoms with Gasteiger partial charge in [0.25, 0.3) is 0 Å². The lowest BCUT2D eigenvalue weighted by Gasteiger charge is -2.37. The van der Waals surface area contributed by atoms with Crippen molar-refractivity contribution in [2.75, 3.05) is 39.8 Å². The van der Waals surface area contributed by atoms with Crippen LogP contribution in [0.2, 0.25) is 0 Å². The van der Waals surface area contributed by atoms with Gasteiger partial charge < -0.3 is 19.8 Å². The summed E-state index contributed by atoms with van der Waals surface area (Å²) in [7, 11) is 1.76. The van der Waals surface area contributed by atoms with E-state index in [0.29, 0.717) is 39.0 Å². The molecule has 5 atom stereocenters. The average Bonchev–Trinajstić information content (AvgIpc) is 3.37. The molecule has 3 heterocycles. The molecule has 0 radical (unpaired) electrons. The summed E-state index contributed by atoms with van der Waals surface area (Å²) in [4.78, 5) is 46.9. The van der Waals surface area contributed by atoms with E-state index in [1.807, 2.05) is 4.90 Å². The van der Waals surface area contributed by atoms with Crippen LogP contribution in [0.15, 0.2) is 25.3 Å². The number of hydrogen-bond donors (Lipinski definition) is 1. The van der Waals surface area contributed by atoms with Gasteiger partial charge in [-0.15, -0.1) is 24.9 Å². The zero-order valence-electron chi connectivity index (χ0n) is 21.0. The maximum Gasteiger partial charge on any atom is 0.247 e. The molecule has 3 rings (SSSR count). The Balaban J connectivity index is 2.03. The summed E-state index contributed by atoms with van der Waals surface area (Å²) < 4.78 is -0.960. The molecular formula is C26H41N3O4S. The van der Waals surface area contributed by atoms with E-state index < -0.39 is 22.6 Å². The van der Waals surface area contributed by atoms with Crippen molar-refractivity contribution in [2.45, 2.75) is 67.9 Å². The van der Waals surface area contributed by atoms with Crippen molar-refractivity contribution in [1.29, 1.82) is 0 Å². The van der Waals surface area contributed by atoms with Gasteiger partial charge in [-0.2, -0.15) is 0 Å². The van der Waals surface area contributed by atoms with Gasteiger partial charge in [-0.05, 0) is 39.0 Å². The summed E-state index contributed by atoms with van der Waals surface area (Å²) in [6.45, 7) is 13.8. The lowest BCUT2D eigenvalue weighted by molar-refractivity contribution is -0.145. The van der Waals surface area contributed by atoms with Crippen molar-refractivity contribution >= 4 is 29.5 Å². The van der Waals surface area contributed by atoms with Gasteiger partial charge in [0.15, 0.2) is 0 Å². The monoisotopic (exact) mass is 491 g/mol. The Kier molecular flexibility index (Phi) is 8.56. The van der Waals surface area contributed by atoms with Gasteiger partial charge in [0.1, 0.15) is 6.04 Å². The lowest BCUT2D eigenvalue weighted by atomic mass is 9.66. The molecule has 190 valence electrons. The number of unbranched alkanes of at least 4 members (excludes halogenated alkanes) is 2. The topological polar surface area (TPSA) is 81.2 Å². The van der Waals surface area contributed by atoms with E-state index in [2.05, 4.69) is 27.0 Å². The van der Waals surface area contributed by atoms with Gasteiger partial charge in [0.2, 0.25) is 17.7 Å². The molecule has 1 spiro atoms. The third kappa shape index (κ3) is 4.43.